The molecule has 1 saturated heterocycles. The van der Waals surface area contributed by atoms with Crippen LogP contribution in [0.2, 0.25) is 0 Å². The van der Waals surface area contributed by atoms with Gasteiger partial charge >= 0.3 is 0 Å². The molecule has 1 aromatic heterocycles. The third-order valence-corrected chi connectivity index (χ3v) is 4.24. The summed E-state index contributed by atoms with van der Waals surface area (Å²) in [5.41, 5.74) is 7.28. The van der Waals surface area contributed by atoms with Crippen LogP contribution < -0.4 is 10.6 Å². The molecule has 0 amide bonds. The Labute approximate surface area is 108 Å². The van der Waals surface area contributed by atoms with Gasteiger partial charge in [-0.25, -0.2) is 9.97 Å². The molecule has 96 valence electrons. The molecule has 4 nitrogen and oxygen atoms in total. The zero-order valence-electron chi connectivity index (χ0n) is 10.7. The van der Waals surface area contributed by atoms with E-state index in [1.807, 2.05) is 0 Å². The summed E-state index contributed by atoms with van der Waals surface area (Å²) in [5.74, 6) is 3.57. The van der Waals surface area contributed by atoms with Gasteiger partial charge in [-0.3, -0.25) is 0 Å². The fourth-order valence-corrected chi connectivity index (χ4v) is 2.74. The second-order valence-corrected chi connectivity index (χ2v) is 6.05. The first-order valence-corrected chi connectivity index (χ1v) is 7.19. The molecular weight excluding hydrogens is 224 g/mol. The van der Waals surface area contributed by atoms with Crippen LogP contribution in [0.3, 0.4) is 0 Å². The van der Waals surface area contributed by atoms with Gasteiger partial charge in [0.15, 0.2) is 0 Å². The van der Waals surface area contributed by atoms with E-state index < -0.39 is 0 Å². The van der Waals surface area contributed by atoms with Gasteiger partial charge in [-0.2, -0.15) is 0 Å². The molecule has 3 fully saturated rings. The van der Waals surface area contributed by atoms with Crippen molar-refractivity contribution < 1.29 is 0 Å². The van der Waals surface area contributed by atoms with Crippen LogP contribution in [-0.2, 0) is 0 Å². The van der Waals surface area contributed by atoms with Crippen LogP contribution in [0.4, 0.5) is 5.82 Å². The van der Waals surface area contributed by atoms with E-state index in [0.717, 1.165) is 31.2 Å². The van der Waals surface area contributed by atoms with Crippen LogP contribution in [-0.4, -0.2) is 29.1 Å². The molecule has 0 spiro atoms. The lowest BCUT2D eigenvalue weighted by molar-refractivity contribution is 0.750. The van der Waals surface area contributed by atoms with Crippen LogP contribution in [0.5, 0.6) is 0 Å². The van der Waals surface area contributed by atoms with Crippen molar-refractivity contribution in [1.29, 1.82) is 0 Å². The van der Waals surface area contributed by atoms with Gasteiger partial charge in [0.1, 0.15) is 11.6 Å². The number of hydrogen-bond donors (Lipinski definition) is 1. The SMILES string of the molecule is N[C@@H]1CCN(c2cc(C3CC3)nc(C3CC3)n2)C1. The van der Waals surface area contributed by atoms with E-state index in [9.17, 15) is 0 Å². The summed E-state index contributed by atoms with van der Waals surface area (Å²) in [7, 11) is 0. The number of nitrogens with two attached hydrogens (primary N) is 1. The van der Waals surface area contributed by atoms with Gasteiger partial charge in [0.2, 0.25) is 0 Å². The van der Waals surface area contributed by atoms with Crippen LogP contribution in [0.15, 0.2) is 6.07 Å². The zero-order chi connectivity index (χ0) is 12.1. The number of anilines is 1. The Balaban J connectivity index is 1.67. The Morgan fingerprint density at radius 2 is 1.83 bits per heavy atom. The maximum absolute atomic E-state index is 6.00. The van der Waals surface area contributed by atoms with E-state index in [1.54, 1.807) is 0 Å². The maximum atomic E-state index is 6.00. The average molecular weight is 244 g/mol. The molecule has 3 aliphatic rings. The highest BCUT2D eigenvalue weighted by atomic mass is 15.2. The van der Waals surface area contributed by atoms with E-state index in [1.165, 1.54) is 31.4 Å². The van der Waals surface area contributed by atoms with Gasteiger partial charge in [0, 0.05) is 42.7 Å². The smallest absolute Gasteiger partial charge is 0.134 e. The second-order valence-electron chi connectivity index (χ2n) is 6.05. The summed E-state index contributed by atoms with van der Waals surface area (Å²) in [6.45, 7) is 2.00. The topological polar surface area (TPSA) is 55.0 Å². The molecule has 1 aliphatic heterocycles. The maximum Gasteiger partial charge on any atom is 0.134 e. The molecule has 4 heteroatoms. The highest BCUT2D eigenvalue weighted by molar-refractivity contribution is 5.43. The minimum atomic E-state index is 0.314. The predicted molar refractivity (Wildman–Crippen MR) is 70.8 cm³/mol. The molecule has 2 saturated carbocycles. The lowest BCUT2D eigenvalue weighted by Gasteiger charge is -2.18. The fourth-order valence-electron chi connectivity index (χ4n) is 2.74. The number of aromatic nitrogens is 2. The molecule has 18 heavy (non-hydrogen) atoms. The van der Waals surface area contributed by atoms with Crippen molar-refractivity contribution in [3.63, 3.8) is 0 Å². The summed E-state index contributed by atoms with van der Waals surface area (Å²) in [4.78, 5) is 11.9. The molecule has 2 aliphatic carbocycles. The van der Waals surface area contributed by atoms with Crippen LogP contribution in [0, 0.1) is 0 Å². The Morgan fingerprint density at radius 1 is 1.06 bits per heavy atom. The molecule has 0 bridgehead atoms. The summed E-state index contributed by atoms with van der Waals surface area (Å²) >= 11 is 0. The second kappa shape index (κ2) is 3.92. The van der Waals surface area contributed by atoms with Crippen molar-refractivity contribution in [3.05, 3.63) is 17.6 Å². The lowest BCUT2D eigenvalue weighted by atomic mass is 10.2. The van der Waals surface area contributed by atoms with Crippen molar-refractivity contribution in [2.75, 3.05) is 18.0 Å². The van der Waals surface area contributed by atoms with Crippen LogP contribution >= 0.6 is 0 Å². The third-order valence-electron chi connectivity index (χ3n) is 4.24. The van der Waals surface area contributed by atoms with Crippen LogP contribution in [0.1, 0.15) is 55.5 Å². The summed E-state index contributed by atoms with van der Waals surface area (Å²) in [6.07, 6.45) is 6.24. The normalized spacial score (nSPS) is 27.8. The largest absolute Gasteiger partial charge is 0.355 e. The van der Waals surface area contributed by atoms with Crippen molar-refractivity contribution in [1.82, 2.24) is 9.97 Å². The van der Waals surface area contributed by atoms with Gasteiger partial charge in [0.25, 0.3) is 0 Å². The van der Waals surface area contributed by atoms with E-state index in [0.29, 0.717) is 17.9 Å². The summed E-state index contributed by atoms with van der Waals surface area (Å²) in [6, 6.07) is 2.52. The monoisotopic (exact) mass is 244 g/mol. The highest BCUT2D eigenvalue weighted by Crippen LogP contribution is 2.43. The number of hydrogen-bond acceptors (Lipinski definition) is 4. The minimum Gasteiger partial charge on any atom is -0.355 e. The molecule has 2 heterocycles. The van der Waals surface area contributed by atoms with Gasteiger partial charge in [-0.15, -0.1) is 0 Å². The van der Waals surface area contributed by atoms with E-state index in [-0.39, 0.29) is 0 Å². The molecular formula is C14H20N4. The molecule has 0 aromatic carbocycles. The van der Waals surface area contributed by atoms with Crippen LogP contribution in [0.25, 0.3) is 0 Å². The summed E-state index contributed by atoms with van der Waals surface area (Å²) in [5, 5.41) is 0. The first kappa shape index (κ1) is 10.7. The molecule has 0 radical (unpaired) electrons. The highest BCUT2D eigenvalue weighted by Gasteiger charge is 2.32. The standard InChI is InChI=1S/C14H20N4/c15-11-5-6-18(8-11)13-7-12(9-1-2-9)16-14(17-13)10-3-4-10/h7,9-11H,1-6,8,15H2/t11-/m1/s1. The molecule has 0 unspecified atom stereocenters. The van der Waals surface area contributed by atoms with Gasteiger partial charge in [0.05, 0.1) is 0 Å². The third kappa shape index (κ3) is 1.99. The predicted octanol–water partition coefficient (Wildman–Crippen LogP) is 1.77. The van der Waals surface area contributed by atoms with E-state index >= 15 is 0 Å². The molecule has 2 N–H and O–H groups in total. The Kier molecular flexibility index (Phi) is 2.34. The van der Waals surface area contributed by atoms with Crippen molar-refractivity contribution in [2.24, 2.45) is 5.73 Å². The van der Waals surface area contributed by atoms with Crippen molar-refractivity contribution in [2.45, 2.75) is 50.0 Å². The molecule has 4 rings (SSSR count). The van der Waals surface area contributed by atoms with Crippen molar-refractivity contribution >= 4 is 5.82 Å². The minimum absolute atomic E-state index is 0.314. The molecule has 1 aromatic rings. The van der Waals surface area contributed by atoms with Gasteiger partial charge in [-0.05, 0) is 32.1 Å². The van der Waals surface area contributed by atoms with E-state index in [4.69, 9.17) is 15.7 Å². The first-order valence-electron chi connectivity index (χ1n) is 7.19. The quantitative estimate of drug-likeness (QED) is 0.880. The lowest BCUT2D eigenvalue weighted by Crippen LogP contribution is -2.27. The number of rotatable bonds is 3. The Morgan fingerprint density at radius 3 is 2.44 bits per heavy atom. The van der Waals surface area contributed by atoms with E-state index in [2.05, 4.69) is 11.0 Å². The zero-order valence-corrected chi connectivity index (χ0v) is 10.7. The first-order chi connectivity index (χ1) is 8.79. The van der Waals surface area contributed by atoms with Gasteiger partial charge in [-0.1, -0.05) is 0 Å². The summed E-state index contributed by atoms with van der Waals surface area (Å²) < 4.78 is 0. The van der Waals surface area contributed by atoms with Crippen molar-refractivity contribution in [3.8, 4) is 0 Å². The van der Waals surface area contributed by atoms with Gasteiger partial charge < -0.3 is 10.6 Å². The average Bonchev–Trinajstić information content (AvgIpc) is 3.26. The Bertz CT molecular complexity index is 435. The fraction of sp³-hybridized carbons (Fsp3) is 0.714. The number of nitrogens with zero attached hydrogens (tertiary/aromatic N) is 3. The Hall–Kier alpha value is -1.16. The molecule has 1 atom stereocenters.